The minimum absolute atomic E-state index is 0.202. The lowest BCUT2D eigenvalue weighted by molar-refractivity contribution is 0.625. The third-order valence-electron chi connectivity index (χ3n) is 3.02. The van der Waals surface area contributed by atoms with E-state index in [0.717, 1.165) is 16.5 Å². The predicted octanol–water partition coefficient (Wildman–Crippen LogP) is 3.87. The van der Waals surface area contributed by atoms with Crippen LogP contribution in [0.2, 0.25) is 0 Å². The Kier molecular flexibility index (Phi) is 4.50. The zero-order valence-electron chi connectivity index (χ0n) is 9.94. The van der Waals surface area contributed by atoms with Crippen LogP contribution in [-0.2, 0) is 6.42 Å². The first-order valence-electron chi connectivity index (χ1n) is 5.89. The molecule has 0 bridgehead atoms. The molecule has 2 N–H and O–H groups in total. The van der Waals surface area contributed by atoms with Gasteiger partial charge in [-0.05, 0) is 48.4 Å². The van der Waals surface area contributed by atoms with Gasteiger partial charge < -0.3 is 5.73 Å². The summed E-state index contributed by atoms with van der Waals surface area (Å²) in [6.45, 7) is 0.582. The van der Waals surface area contributed by atoms with Crippen LogP contribution >= 0.6 is 15.9 Å². The highest BCUT2D eigenvalue weighted by molar-refractivity contribution is 9.10. The van der Waals surface area contributed by atoms with Crippen LogP contribution in [0, 0.1) is 5.82 Å². The van der Waals surface area contributed by atoms with Gasteiger partial charge in [-0.3, -0.25) is 0 Å². The molecule has 0 fully saturated rings. The van der Waals surface area contributed by atoms with Crippen LogP contribution in [0.15, 0.2) is 53.0 Å². The molecule has 0 aliphatic heterocycles. The average Bonchev–Trinajstić information content (AvgIpc) is 2.39. The van der Waals surface area contributed by atoms with E-state index in [2.05, 4.69) is 28.1 Å². The largest absolute Gasteiger partial charge is 0.330 e. The third kappa shape index (κ3) is 3.40. The van der Waals surface area contributed by atoms with Crippen molar-refractivity contribution in [2.45, 2.75) is 12.3 Å². The van der Waals surface area contributed by atoms with Crippen molar-refractivity contribution in [3.05, 3.63) is 69.9 Å². The van der Waals surface area contributed by atoms with E-state index in [1.54, 1.807) is 0 Å². The van der Waals surface area contributed by atoms with Crippen LogP contribution < -0.4 is 5.73 Å². The second-order valence-corrected chi connectivity index (χ2v) is 5.23. The van der Waals surface area contributed by atoms with Gasteiger partial charge in [0.25, 0.3) is 0 Å². The first-order chi connectivity index (χ1) is 8.69. The highest BCUT2D eigenvalue weighted by Crippen LogP contribution is 2.22. The molecule has 3 heteroatoms. The number of hydrogen-bond donors (Lipinski definition) is 1. The van der Waals surface area contributed by atoms with Gasteiger partial charge in [-0.25, -0.2) is 4.39 Å². The van der Waals surface area contributed by atoms with Gasteiger partial charge in [-0.15, -0.1) is 0 Å². The summed E-state index contributed by atoms with van der Waals surface area (Å²) in [6, 6.07) is 14.8. The molecule has 0 aromatic heterocycles. The molecule has 0 amide bonds. The number of rotatable bonds is 4. The van der Waals surface area contributed by atoms with Gasteiger partial charge in [-0.1, -0.05) is 40.2 Å². The van der Waals surface area contributed by atoms with Crippen molar-refractivity contribution < 1.29 is 4.39 Å². The molecule has 2 aromatic carbocycles. The lowest BCUT2D eigenvalue weighted by Crippen LogP contribution is -2.15. The molecule has 0 heterocycles. The van der Waals surface area contributed by atoms with E-state index in [1.165, 1.54) is 17.7 Å². The zero-order chi connectivity index (χ0) is 13.0. The second-order valence-electron chi connectivity index (χ2n) is 4.31. The number of hydrogen-bond acceptors (Lipinski definition) is 1. The minimum atomic E-state index is -0.202. The molecule has 0 aliphatic carbocycles. The number of halogens is 2. The molecular weight excluding hydrogens is 293 g/mol. The van der Waals surface area contributed by atoms with Crippen molar-refractivity contribution in [1.82, 2.24) is 0 Å². The van der Waals surface area contributed by atoms with E-state index in [4.69, 9.17) is 5.73 Å². The molecular formula is C15H15BrFN. The highest BCUT2D eigenvalue weighted by Gasteiger charge is 2.10. The fourth-order valence-electron chi connectivity index (χ4n) is 1.98. The SMILES string of the molecule is NCC(Cc1ccc(F)cc1)c1ccc(Br)cc1. The van der Waals surface area contributed by atoms with E-state index in [9.17, 15) is 4.39 Å². The molecule has 0 radical (unpaired) electrons. The van der Waals surface area contributed by atoms with Crippen molar-refractivity contribution >= 4 is 15.9 Å². The molecule has 2 aromatic rings. The summed E-state index contributed by atoms with van der Waals surface area (Å²) in [5.74, 6) is 0.0650. The van der Waals surface area contributed by atoms with Gasteiger partial charge >= 0.3 is 0 Å². The van der Waals surface area contributed by atoms with Crippen molar-refractivity contribution in [3.63, 3.8) is 0 Å². The molecule has 2 rings (SSSR count). The number of nitrogens with two attached hydrogens (primary N) is 1. The van der Waals surface area contributed by atoms with Crippen molar-refractivity contribution in [2.24, 2.45) is 5.73 Å². The lowest BCUT2D eigenvalue weighted by Gasteiger charge is -2.15. The molecule has 0 spiro atoms. The van der Waals surface area contributed by atoms with Crippen LogP contribution in [-0.4, -0.2) is 6.54 Å². The molecule has 0 saturated heterocycles. The highest BCUT2D eigenvalue weighted by atomic mass is 79.9. The third-order valence-corrected chi connectivity index (χ3v) is 3.55. The Balaban J connectivity index is 2.14. The van der Waals surface area contributed by atoms with E-state index >= 15 is 0 Å². The molecule has 0 saturated carbocycles. The van der Waals surface area contributed by atoms with Crippen LogP contribution in [0.3, 0.4) is 0 Å². The van der Waals surface area contributed by atoms with Crippen LogP contribution in [0.1, 0.15) is 17.0 Å². The standard InChI is InChI=1S/C15H15BrFN/c16-14-5-3-12(4-6-14)13(10-18)9-11-1-7-15(17)8-2-11/h1-8,13H,9-10,18H2. The van der Waals surface area contributed by atoms with E-state index in [0.29, 0.717) is 6.54 Å². The van der Waals surface area contributed by atoms with E-state index in [1.807, 2.05) is 24.3 Å². The average molecular weight is 308 g/mol. The van der Waals surface area contributed by atoms with Gasteiger partial charge in [0, 0.05) is 10.4 Å². The molecule has 1 nitrogen and oxygen atoms in total. The smallest absolute Gasteiger partial charge is 0.123 e. The van der Waals surface area contributed by atoms with Gasteiger partial charge in [0.2, 0.25) is 0 Å². The zero-order valence-corrected chi connectivity index (χ0v) is 11.5. The monoisotopic (exact) mass is 307 g/mol. The Hall–Kier alpha value is -1.19. The first-order valence-corrected chi connectivity index (χ1v) is 6.68. The normalized spacial score (nSPS) is 12.4. The summed E-state index contributed by atoms with van der Waals surface area (Å²) in [5, 5.41) is 0. The summed E-state index contributed by atoms with van der Waals surface area (Å²) in [6.07, 6.45) is 0.832. The van der Waals surface area contributed by atoms with Crippen LogP contribution in [0.5, 0.6) is 0 Å². The summed E-state index contributed by atoms with van der Waals surface area (Å²) >= 11 is 3.42. The Morgan fingerprint density at radius 2 is 1.61 bits per heavy atom. The van der Waals surface area contributed by atoms with E-state index in [-0.39, 0.29) is 11.7 Å². The Morgan fingerprint density at radius 1 is 1.00 bits per heavy atom. The second kappa shape index (κ2) is 6.12. The summed E-state index contributed by atoms with van der Waals surface area (Å²) in [4.78, 5) is 0. The topological polar surface area (TPSA) is 26.0 Å². The molecule has 94 valence electrons. The fraction of sp³-hybridized carbons (Fsp3) is 0.200. The van der Waals surface area contributed by atoms with E-state index < -0.39 is 0 Å². The van der Waals surface area contributed by atoms with Crippen molar-refractivity contribution in [1.29, 1.82) is 0 Å². The first kappa shape index (κ1) is 13.2. The summed E-state index contributed by atoms with van der Waals surface area (Å²) < 4.78 is 13.9. The Morgan fingerprint density at radius 3 is 2.17 bits per heavy atom. The van der Waals surface area contributed by atoms with Crippen LogP contribution in [0.4, 0.5) is 4.39 Å². The summed E-state index contributed by atoms with van der Waals surface area (Å²) in [5.41, 5.74) is 8.15. The van der Waals surface area contributed by atoms with Crippen molar-refractivity contribution in [2.75, 3.05) is 6.54 Å². The van der Waals surface area contributed by atoms with Gasteiger partial charge in [0.05, 0.1) is 0 Å². The molecule has 1 atom stereocenters. The van der Waals surface area contributed by atoms with Gasteiger partial charge in [0.1, 0.15) is 5.82 Å². The maximum atomic E-state index is 12.8. The summed E-state index contributed by atoms with van der Waals surface area (Å²) in [7, 11) is 0. The van der Waals surface area contributed by atoms with Gasteiger partial charge in [0.15, 0.2) is 0 Å². The predicted molar refractivity (Wildman–Crippen MR) is 76.0 cm³/mol. The quantitative estimate of drug-likeness (QED) is 0.911. The number of benzene rings is 2. The molecule has 18 heavy (non-hydrogen) atoms. The van der Waals surface area contributed by atoms with Crippen LogP contribution in [0.25, 0.3) is 0 Å². The molecule has 0 aliphatic rings. The lowest BCUT2D eigenvalue weighted by atomic mass is 9.92. The maximum Gasteiger partial charge on any atom is 0.123 e. The van der Waals surface area contributed by atoms with Crippen molar-refractivity contribution in [3.8, 4) is 0 Å². The Bertz CT molecular complexity index is 493. The van der Waals surface area contributed by atoms with Gasteiger partial charge in [-0.2, -0.15) is 0 Å². The molecule has 1 unspecified atom stereocenters. The fourth-order valence-corrected chi connectivity index (χ4v) is 2.24. The Labute approximate surface area is 115 Å². The minimum Gasteiger partial charge on any atom is -0.330 e. The maximum absolute atomic E-state index is 12.8.